The summed E-state index contributed by atoms with van der Waals surface area (Å²) in [4.78, 5) is 9.77. The van der Waals surface area contributed by atoms with E-state index in [-0.39, 0.29) is 11.1 Å². The molecule has 0 amide bonds. The first-order valence-corrected chi connectivity index (χ1v) is 9.93. The standard InChI is InChI=1S/C21H19ClFN5O2/c22-15-7-12(1-3-16(15)23)19-11-30-6-5-28(19)21(29)18-8-13-2-4-17(26-20(13)27-18)14-9-24-25-10-14/h1-4,7-10,19,21,29H,5-6,11H2,(H,24,25)(H,26,27)/t19-,21?/m1/s1. The number of pyridine rings is 1. The van der Waals surface area contributed by atoms with Gasteiger partial charge in [-0.2, -0.15) is 5.10 Å². The summed E-state index contributed by atoms with van der Waals surface area (Å²) < 4.78 is 19.2. The van der Waals surface area contributed by atoms with Crippen LogP contribution in [0.1, 0.15) is 23.5 Å². The Balaban J connectivity index is 1.46. The molecule has 1 fully saturated rings. The van der Waals surface area contributed by atoms with Crippen molar-refractivity contribution in [2.45, 2.75) is 12.3 Å². The molecule has 5 rings (SSSR count). The predicted molar refractivity (Wildman–Crippen MR) is 110 cm³/mol. The first kappa shape index (κ1) is 19.2. The molecule has 1 aliphatic heterocycles. The first-order chi connectivity index (χ1) is 14.6. The second kappa shape index (κ2) is 7.81. The van der Waals surface area contributed by atoms with E-state index in [1.165, 1.54) is 6.07 Å². The number of H-pyrrole nitrogens is 2. The van der Waals surface area contributed by atoms with Crippen LogP contribution in [-0.2, 0) is 4.74 Å². The minimum absolute atomic E-state index is 0.0501. The highest BCUT2D eigenvalue weighted by Crippen LogP contribution is 2.34. The van der Waals surface area contributed by atoms with E-state index >= 15 is 0 Å². The number of aliphatic hydroxyl groups is 1. The number of morpholine rings is 1. The van der Waals surface area contributed by atoms with Gasteiger partial charge in [0, 0.05) is 23.7 Å². The van der Waals surface area contributed by atoms with Crippen LogP contribution in [0.25, 0.3) is 22.3 Å². The van der Waals surface area contributed by atoms with Crippen LogP contribution in [0, 0.1) is 5.82 Å². The number of halogens is 2. The van der Waals surface area contributed by atoms with Gasteiger partial charge in [0.25, 0.3) is 0 Å². The summed E-state index contributed by atoms with van der Waals surface area (Å²) >= 11 is 5.97. The number of fused-ring (bicyclic) bond motifs is 1. The van der Waals surface area contributed by atoms with Crippen LogP contribution in [0.2, 0.25) is 5.02 Å². The Morgan fingerprint density at radius 3 is 2.97 bits per heavy atom. The van der Waals surface area contributed by atoms with E-state index in [9.17, 15) is 9.50 Å². The number of aliphatic hydroxyl groups excluding tert-OH is 1. The van der Waals surface area contributed by atoms with Gasteiger partial charge in [0.05, 0.1) is 41.9 Å². The van der Waals surface area contributed by atoms with Crippen molar-refractivity contribution in [3.63, 3.8) is 0 Å². The molecule has 9 heteroatoms. The van der Waals surface area contributed by atoms with E-state index in [4.69, 9.17) is 16.3 Å². The highest BCUT2D eigenvalue weighted by molar-refractivity contribution is 6.30. The lowest BCUT2D eigenvalue weighted by Gasteiger charge is -2.38. The smallest absolute Gasteiger partial charge is 0.149 e. The third kappa shape index (κ3) is 3.48. The lowest BCUT2D eigenvalue weighted by Crippen LogP contribution is -2.42. The Kier molecular flexibility index (Phi) is 5.00. The summed E-state index contributed by atoms with van der Waals surface area (Å²) in [5.74, 6) is -0.473. The minimum Gasteiger partial charge on any atom is -0.378 e. The van der Waals surface area contributed by atoms with E-state index in [1.807, 2.05) is 23.1 Å². The van der Waals surface area contributed by atoms with E-state index in [1.54, 1.807) is 24.5 Å². The van der Waals surface area contributed by atoms with Crippen molar-refractivity contribution in [1.29, 1.82) is 0 Å². The maximum Gasteiger partial charge on any atom is 0.149 e. The molecule has 1 saturated heterocycles. The number of nitrogens with one attached hydrogen (secondary N) is 2. The Labute approximate surface area is 176 Å². The molecule has 3 N–H and O–H groups in total. The molecular formula is C21H19ClFN5O2. The normalized spacial score (nSPS) is 18.7. The highest BCUT2D eigenvalue weighted by Gasteiger charge is 2.31. The zero-order valence-corrected chi connectivity index (χ0v) is 16.6. The van der Waals surface area contributed by atoms with Crippen molar-refractivity contribution in [3.05, 3.63) is 70.9 Å². The van der Waals surface area contributed by atoms with Crippen LogP contribution < -0.4 is 0 Å². The molecule has 7 nitrogen and oxygen atoms in total. The third-order valence-electron chi connectivity index (χ3n) is 5.38. The quantitative estimate of drug-likeness (QED) is 0.461. The van der Waals surface area contributed by atoms with Gasteiger partial charge in [-0.05, 0) is 35.9 Å². The average molecular weight is 428 g/mol. The van der Waals surface area contributed by atoms with Crippen molar-refractivity contribution in [2.24, 2.45) is 0 Å². The van der Waals surface area contributed by atoms with Crippen LogP contribution in [0.15, 0.2) is 48.8 Å². The summed E-state index contributed by atoms with van der Waals surface area (Å²) in [6.45, 7) is 1.39. The van der Waals surface area contributed by atoms with Crippen LogP contribution in [0.3, 0.4) is 0 Å². The summed E-state index contributed by atoms with van der Waals surface area (Å²) in [6.07, 6.45) is 2.58. The summed E-state index contributed by atoms with van der Waals surface area (Å²) in [6, 6.07) is 10.1. The lowest BCUT2D eigenvalue weighted by molar-refractivity contribution is -0.0995. The molecule has 30 heavy (non-hydrogen) atoms. The Morgan fingerprint density at radius 1 is 1.27 bits per heavy atom. The molecule has 0 bridgehead atoms. The largest absolute Gasteiger partial charge is 0.378 e. The molecule has 1 aliphatic rings. The number of ether oxygens (including phenoxy) is 1. The van der Waals surface area contributed by atoms with Crippen LogP contribution >= 0.6 is 11.6 Å². The SMILES string of the molecule is OC(c1cc2ccc(-c3cn[nH]c3)nc2[nH]1)N1CCOC[C@@H]1c1ccc(F)c(Cl)c1. The minimum atomic E-state index is -0.908. The van der Waals surface area contributed by atoms with Crippen molar-refractivity contribution in [1.82, 2.24) is 25.1 Å². The number of aromatic nitrogens is 4. The number of aromatic amines is 2. The number of nitrogens with zero attached hydrogens (tertiary/aromatic N) is 3. The molecule has 0 saturated carbocycles. The van der Waals surface area contributed by atoms with Gasteiger partial charge in [-0.25, -0.2) is 9.37 Å². The fourth-order valence-electron chi connectivity index (χ4n) is 3.81. The second-order valence-electron chi connectivity index (χ2n) is 7.22. The monoisotopic (exact) mass is 427 g/mol. The van der Waals surface area contributed by atoms with E-state index in [2.05, 4.69) is 20.2 Å². The zero-order chi connectivity index (χ0) is 20.7. The molecule has 0 aliphatic carbocycles. The highest BCUT2D eigenvalue weighted by atomic mass is 35.5. The molecule has 154 valence electrons. The van der Waals surface area contributed by atoms with Gasteiger partial charge in [-0.15, -0.1) is 0 Å². The number of hydrogen-bond donors (Lipinski definition) is 3. The summed E-state index contributed by atoms with van der Waals surface area (Å²) in [7, 11) is 0. The molecule has 3 aromatic heterocycles. The third-order valence-corrected chi connectivity index (χ3v) is 5.67. The Bertz CT molecular complexity index is 1180. The lowest BCUT2D eigenvalue weighted by atomic mass is 10.0. The van der Waals surface area contributed by atoms with E-state index in [0.29, 0.717) is 31.1 Å². The van der Waals surface area contributed by atoms with Crippen LogP contribution in [-0.4, -0.2) is 49.9 Å². The molecule has 4 heterocycles. The number of benzene rings is 1. The molecule has 1 aromatic carbocycles. The van der Waals surface area contributed by atoms with Gasteiger partial charge >= 0.3 is 0 Å². The van der Waals surface area contributed by atoms with Crippen molar-refractivity contribution < 1.29 is 14.2 Å². The van der Waals surface area contributed by atoms with Gasteiger partial charge in [0.1, 0.15) is 17.7 Å². The van der Waals surface area contributed by atoms with E-state index < -0.39 is 12.0 Å². The maximum absolute atomic E-state index is 13.6. The van der Waals surface area contributed by atoms with Gasteiger partial charge in [-0.3, -0.25) is 10.00 Å². The van der Waals surface area contributed by atoms with Crippen LogP contribution in [0.4, 0.5) is 4.39 Å². The number of hydrogen-bond acceptors (Lipinski definition) is 5. The predicted octanol–water partition coefficient (Wildman–Crippen LogP) is 3.81. The Morgan fingerprint density at radius 2 is 2.17 bits per heavy atom. The van der Waals surface area contributed by atoms with E-state index in [0.717, 1.165) is 22.2 Å². The fourth-order valence-corrected chi connectivity index (χ4v) is 4.00. The molecular weight excluding hydrogens is 409 g/mol. The molecule has 0 spiro atoms. The molecule has 4 aromatic rings. The number of rotatable bonds is 4. The molecule has 2 atom stereocenters. The second-order valence-corrected chi connectivity index (χ2v) is 7.63. The molecule has 1 unspecified atom stereocenters. The average Bonchev–Trinajstić information content (AvgIpc) is 3.44. The zero-order valence-electron chi connectivity index (χ0n) is 15.8. The summed E-state index contributed by atoms with van der Waals surface area (Å²) in [5.41, 5.74) is 3.76. The summed E-state index contributed by atoms with van der Waals surface area (Å²) in [5, 5.41) is 18.8. The van der Waals surface area contributed by atoms with Gasteiger partial charge < -0.3 is 14.8 Å². The first-order valence-electron chi connectivity index (χ1n) is 9.55. The van der Waals surface area contributed by atoms with Gasteiger partial charge in [0.15, 0.2) is 0 Å². The topological polar surface area (TPSA) is 90.1 Å². The van der Waals surface area contributed by atoms with Crippen molar-refractivity contribution >= 4 is 22.6 Å². The van der Waals surface area contributed by atoms with Crippen molar-refractivity contribution in [3.8, 4) is 11.3 Å². The molecule has 0 radical (unpaired) electrons. The van der Waals surface area contributed by atoms with Crippen LogP contribution in [0.5, 0.6) is 0 Å². The Hall–Kier alpha value is -2.78. The van der Waals surface area contributed by atoms with Crippen molar-refractivity contribution in [2.75, 3.05) is 19.8 Å². The maximum atomic E-state index is 13.6. The van der Waals surface area contributed by atoms with Gasteiger partial charge in [-0.1, -0.05) is 17.7 Å². The van der Waals surface area contributed by atoms with Gasteiger partial charge in [0.2, 0.25) is 0 Å². The fraction of sp³-hybridized carbons (Fsp3) is 0.238.